The molecule has 0 bridgehead atoms. The number of likely N-dealkylation sites (tertiary alicyclic amines) is 1. The summed E-state index contributed by atoms with van der Waals surface area (Å²) in [6.45, 7) is 2.13. The first-order chi connectivity index (χ1) is 14.9. The van der Waals surface area contributed by atoms with Gasteiger partial charge in [-0.2, -0.15) is 0 Å². The standard InChI is InChI=1S/C21H29N5O4S/c1-25-15(4-5-20(25)29)21(30)26-8-6-16-14(12-26)24-19(31-16)11-23-18(28)10-13-3-2-7-22-17(27)9-13/h13,15H,2-12H2,1H3,(H,22,27)(H,23,28)/t13?,15-/m1/s1. The Bertz CT molecular complexity index is 885. The van der Waals surface area contributed by atoms with Crippen LogP contribution in [0.25, 0.3) is 0 Å². The molecule has 2 N–H and O–H groups in total. The van der Waals surface area contributed by atoms with Crippen LogP contribution in [-0.4, -0.2) is 64.6 Å². The molecule has 2 atom stereocenters. The third-order valence-electron chi connectivity index (χ3n) is 6.36. The Balaban J connectivity index is 1.29. The molecule has 0 aliphatic carbocycles. The first kappa shape index (κ1) is 21.7. The van der Waals surface area contributed by atoms with Gasteiger partial charge < -0.3 is 20.4 Å². The van der Waals surface area contributed by atoms with Crippen LogP contribution in [0.4, 0.5) is 0 Å². The summed E-state index contributed by atoms with van der Waals surface area (Å²) in [6, 6.07) is -0.363. The lowest BCUT2D eigenvalue weighted by molar-refractivity contribution is -0.141. The number of nitrogens with zero attached hydrogens (tertiary/aromatic N) is 3. The van der Waals surface area contributed by atoms with Crippen molar-refractivity contribution >= 4 is 35.0 Å². The second-order valence-electron chi connectivity index (χ2n) is 8.59. The molecule has 1 unspecified atom stereocenters. The largest absolute Gasteiger partial charge is 0.356 e. The van der Waals surface area contributed by atoms with Crippen molar-refractivity contribution in [3.63, 3.8) is 0 Å². The summed E-state index contributed by atoms with van der Waals surface area (Å²) >= 11 is 1.58. The summed E-state index contributed by atoms with van der Waals surface area (Å²) in [5.74, 6) is 0.0717. The molecule has 1 aromatic rings. The highest BCUT2D eigenvalue weighted by molar-refractivity contribution is 7.11. The van der Waals surface area contributed by atoms with Gasteiger partial charge in [-0.3, -0.25) is 19.2 Å². The van der Waals surface area contributed by atoms with Gasteiger partial charge in [-0.15, -0.1) is 11.3 Å². The van der Waals surface area contributed by atoms with Gasteiger partial charge in [0, 0.05) is 50.7 Å². The van der Waals surface area contributed by atoms with Crippen LogP contribution in [0.2, 0.25) is 0 Å². The molecule has 10 heteroatoms. The van der Waals surface area contributed by atoms with E-state index in [0.717, 1.165) is 34.8 Å². The summed E-state index contributed by atoms with van der Waals surface area (Å²) in [7, 11) is 1.69. The van der Waals surface area contributed by atoms with E-state index in [1.807, 2.05) is 0 Å². The van der Waals surface area contributed by atoms with Crippen LogP contribution in [0.1, 0.15) is 54.1 Å². The second-order valence-corrected chi connectivity index (χ2v) is 9.76. The van der Waals surface area contributed by atoms with Gasteiger partial charge in [0.15, 0.2) is 0 Å². The SMILES string of the molecule is CN1C(=O)CC[C@@H]1C(=O)N1CCc2sc(CNC(=O)CC3CCCNC(=O)C3)nc2C1. The zero-order valence-corrected chi connectivity index (χ0v) is 18.6. The third-order valence-corrected chi connectivity index (χ3v) is 7.51. The Hall–Kier alpha value is -2.49. The first-order valence-electron chi connectivity index (χ1n) is 11.0. The van der Waals surface area contributed by atoms with Gasteiger partial charge in [-0.05, 0) is 25.2 Å². The van der Waals surface area contributed by atoms with E-state index in [-0.39, 0.29) is 35.6 Å². The maximum absolute atomic E-state index is 12.8. The predicted molar refractivity (Wildman–Crippen MR) is 114 cm³/mol. The van der Waals surface area contributed by atoms with E-state index in [1.54, 1.807) is 28.2 Å². The topological polar surface area (TPSA) is 112 Å². The fourth-order valence-electron chi connectivity index (χ4n) is 4.56. The molecule has 0 saturated carbocycles. The number of fused-ring (bicyclic) bond motifs is 1. The minimum Gasteiger partial charge on any atom is -0.356 e. The average Bonchev–Trinajstić information content (AvgIpc) is 3.24. The highest BCUT2D eigenvalue weighted by atomic mass is 32.1. The molecule has 4 heterocycles. The number of carbonyl (C=O) groups excluding carboxylic acids is 4. The van der Waals surface area contributed by atoms with Gasteiger partial charge in [0.1, 0.15) is 11.0 Å². The Morgan fingerprint density at radius 1 is 1.26 bits per heavy atom. The fraction of sp³-hybridized carbons (Fsp3) is 0.667. The van der Waals surface area contributed by atoms with Crippen LogP contribution in [0.5, 0.6) is 0 Å². The van der Waals surface area contributed by atoms with Gasteiger partial charge in [0.05, 0.1) is 18.8 Å². The van der Waals surface area contributed by atoms with Crippen molar-refractivity contribution in [2.75, 3.05) is 20.1 Å². The smallest absolute Gasteiger partial charge is 0.245 e. The maximum Gasteiger partial charge on any atom is 0.245 e. The molecule has 168 valence electrons. The van der Waals surface area contributed by atoms with Gasteiger partial charge >= 0.3 is 0 Å². The number of nitrogens with one attached hydrogen (secondary N) is 2. The highest BCUT2D eigenvalue weighted by Crippen LogP contribution is 2.27. The summed E-state index contributed by atoms with van der Waals surface area (Å²) in [5, 5.41) is 6.61. The van der Waals surface area contributed by atoms with Crippen molar-refractivity contribution in [2.24, 2.45) is 5.92 Å². The van der Waals surface area contributed by atoms with Gasteiger partial charge in [-0.25, -0.2) is 4.98 Å². The quantitative estimate of drug-likeness (QED) is 0.686. The number of likely N-dealkylation sites (N-methyl/N-ethyl adjacent to an activating group) is 1. The van der Waals surface area contributed by atoms with Crippen LogP contribution < -0.4 is 10.6 Å². The van der Waals surface area contributed by atoms with Gasteiger partial charge in [0.2, 0.25) is 23.6 Å². The van der Waals surface area contributed by atoms with E-state index >= 15 is 0 Å². The monoisotopic (exact) mass is 447 g/mol. The molecule has 3 aliphatic rings. The van der Waals surface area contributed by atoms with Crippen molar-refractivity contribution in [3.05, 3.63) is 15.6 Å². The number of hydrogen-bond acceptors (Lipinski definition) is 6. The summed E-state index contributed by atoms with van der Waals surface area (Å²) in [6.07, 6.45) is 4.30. The molecule has 0 radical (unpaired) electrons. The fourth-order valence-corrected chi connectivity index (χ4v) is 5.56. The lowest BCUT2D eigenvalue weighted by atomic mass is 9.96. The Kier molecular flexibility index (Phi) is 6.54. The van der Waals surface area contributed by atoms with Crippen molar-refractivity contribution in [2.45, 2.75) is 64.1 Å². The zero-order valence-electron chi connectivity index (χ0n) is 17.8. The average molecular weight is 448 g/mol. The number of rotatable bonds is 5. The van der Waals surface area contributed by atoms with E-state index in [4.69, 9.17) is 0 Å². The Labute approximate surface area is 185 Å². The molecular formula is C21H29N5O4S. The second kappa shape index (κ2) is 9.33. The number of amides is 4. The molecule has 4 rings (SSSR count). The number of hydrogen-bond donors (Lipinski definition) is 2. The lowest BCUT2D eigenvalue weighted by Crippen LogP contribution is -2.46. The third kappa shape index (κ3) is 5.06. The predicted octanol–water partition coefficient (Wildman–Crippen LogP) is 0.571. The van der Waals surface area contributed by atoms with Crippen molar-refractivity contribution < 1.29 is 19.2 Å². The Morgan fingerprint density at radius 3 is 2.87 bits per heavy atom. The van der Waals surface area contributed by atoms with E-state index in [0.29, 0.717) is 51.9 Å². The molecule has 9 nitrogen and oxygen atoms in total. The van der Waals surface area contributed by atoms with Crippen molar-refractivity contribution in [1.82, 2.24) is 25.4 Å². The van der Waals surface area contributed by atoms with Crippen LogP contribution >= 0.6 is 11.3 Å². The first-order valence-corrected chi connectivity index (χ1v) is 11.8. The summed E-state index contributed by atoms with van der Waals surface area (Å²) in [5.41, 5.74) is 0.890. The molecule has 31 heavy (non-hydrogen) atoms. The molecule has 4 amide bonds. The highest BCUT2D eigenvalue weighted by Gasteiger charge is 2.37. The number of aromatic nitrogens is 1. The normalized spacial score (nSPS) is 23.9. The van der Waals surface area contributed by atoms with Crippen molar-refractivity contribution in [3.8, 4) is 0 Å². The van der Waals surface area contributed by atoms with Crippen LogP contribution in [0, 0.1) is 5.92 Å². The van der Waals surface area contributed by atoms with E-state index in [9.17, 15) is 19.2 Å². The van der Waals surface area contributed by atoms with Crippen molar-refractivity contribution in [1.29, 1.82) is 0 Å². The molecule has 0 spiro atoms. The number of carbonyl (C=O) groups is 4. The summed E-state index contributed by atoms with van der Waals surface area (Å²) in [4.78, 5) is 57.8. The van der Waals surface area contributed by atoms with Crippen LogP contribution in [0.3, 0.4) is 0 Å². The molecular weight excluding hydrogens is 418 g/mol. The molecule has 0 aromatic carbocycles. The van der Waals surface area contributed by atoms with E-state index < -0.39 is 0 Å². The Morgan fingerprint density at radius 2 is 2.10 bits per heavy atom. The summed E-state index contributed by atoms with van der Waals surface area (Å²) < 4.78 is 0. The molecule has 2 saturated heterocycles. The van der Waals surface area contributed by atoms with Gasteiger partial charge in [-0.1, -0.05) is 0 Å². The van der Waals surface area contributed by atoms with Crippen LogP contribution in [0.15, 0.2) is 0 Å². The molecule has 3 aliphatic heterocycles. The lowest BCUT2D eigenvalue weighted by Gasteiger charge is -2.30. The van der Waals surface area contributed by atoms with Crippen LogP contribution in [-0.2, 0) is 38.7 Å². The van der Waals surface area contributed by atoms with Gasteiger partial charge in [0.25, 0.3) is 0 Å². The minimum atomic E-state index is -0.363. The van der Waals surface area contributed by atoms with E-state index in [2.05, 4.69) is 15.6 Å². The zero-order chi connectivity index (χ0) is 22.0. The number of thiazole rings is 1. The molecule has 2 fully saturated rings. The minimum absolute atomic E-state index is 0.00529. The maximum atomic E-state index is 12.8. The molecule has 1 aromatic heterocycles. The van der Waals surface area contributed by atoms with E-state index in [1.165, 1.54) is 0 Å².